The van der Waals surface area contributed by atoms with Crippen LogP contribution in [0.5, 0.6) is 0 Å². The summed E-state index contributed by atoms with van der Waals surface area (Å²) in [4.78, 5) is 0. The van der Waals surface area contributed by atoms with Crippen molar-refractivity contribution in [2.24, 2.45) is 11.7 Å². The van der Waals surface area contributed by atoms with Crippen molar-refractivity contribution in [3.05, 3.63) is 0 Å². The first kappa shape index (κ1) is 5.06. The number of aliphatic hydroxyl groups is 1. The van der Waals surface area contributed by atoms with E-state index in [-0.39, 0.29) is 12.1 Å². The SMILES string of the molecule is C[C@]1(N)C[C@H]1CO. The summed E-state index contributed by atoms with van der Waals surface area (Å²) in [6.07, 6.45) is 0.990. The van der Waals surface area contributed by atoms with Gasteiger partial charge in [0.15, 0.2) is 0 Å². The Morgan fingerprint density at radius 2 is 2.43 bits per heavy atom. The number of rotatable bonds is 1. The van der Waals surface area contributed by atoms with E-state index >= 15 is 0 Å². The van der Waals surface area contributed by atoms with Crippen LogP contribution >= 0.6 is 0 Å². The van der Waals surface area contributed by atoms with E-state index in [1.807, 2.05) is 6.92 Å². The number of nitrogens with two attached hydrogens (primary N) is 1. The van der Waals surface area contributed by atoms with E-state index in [0.29, 0.717) is 5.92 Å². The molecule has 1 aliphatic rings. The molecule has 2 heteroatoms. The van der Waals surface area contributed by atoms with Gasteiger partial charge in [-0.15, -0.1) is 0 Å². The summed E-state index contributed by atoms with van der Waals surface area (Å²) in [7, 11) is 0. The Labute approximate surface area is 43.3 Å². The summed E-state index contributed by atoms with van der Waals surface area (Å²) >= 11 is 0. The largest absolute Gasteiger partial charge is 0.396 e. The number of hydrogen-bond acceptors (Lipinski definition) is 2. The first-order valence-corrected chi connectivity index (χ1v) is 2.56. The molecular weight excluding hydrogens is 90.1 g/mol. The third kappa shape index (κ3) is 0.763. The molecule has 0 saturated heterocycles. The van der Waals surface area contributed by atoms with Crippen molar-refractivity contribution in [3.8, 4) is 0 Å². The first-order valence-electron chi connectivity index (χ1n) is 2.56. The molecule has 0 aromatic heterocycles. The van der Waals surface area contributed by atoms with Gasteiger partial charge in [0.2, 0.25) is 0 Å². The third-order valence-electron chi connectivity index (χ3n) is 1.68. The van der Waals surface area contributed by atoms with E-state index in [2.05, 4.69) is 0 Å². The van der Waals surface area contributed by atoms with Gasteiger partial charge in [0, 0.05) is 18.1 Å². The summed E-state index contributed by atoms with van der Waals surface area (Å²) < 4.78 is 0. The molecular formula is C5H11NO. The second kappa shape index (κ2) is 1.20. The zero-order chi connectivity index (χ0) is 5.49. The standard InChI is InChI=1S/C5H11NO/c1-5(6)2-4(5)3-7/h4,7H,2-3,6H2,1H3/t4-,5-/m0/s1. The van der Waals surface area contributed by atoms with Crippen LogP contribution in [0.15, 0.2) is 0 Å². The van der Waals surface area contributed by atoms with Crippen LogP contribution in [0.2, 0.25) is 0 Å². The van der Waals surface area contributed by atoms with Crippen LogP contribution in [-0.2, 0) is 0 Å². The zero-order valence-corrected chi connectivity index (χ0v) is 4.52. The van der Waals surface area contributed by atoms with Crippen molar-refractivity contribution in [1.29, 1.82) is 0 Å². The fourth-order valence-corrected chi connectivity index (χ4v) is 0.745. The molecule has 1 aliphatic carbocycles. The fourth-order valence-electron chi connectivity index (χ4n) is 0.745. The quantitative estimate of drug-likeness (QED) is 0.477. The maximum absolute atomic E-state index is 8.46. The Kier molecular flexibility index (Phi) is 0.869. The van der Waals surface area contributed by atoms with Gasteiger partial charge in [0.1, 0.15) is 0 Å². The molecule has 2 nitrogen and oxygen atoms in total. The minimum absolute atomic E-state index is 0.0330. The van der Waals surface area contributed by atoms with E-state index in [9.17, 15) is 0 Å². The van der Waals surface area contributed by atoms with Crippen LogP contribution in [0, 0.1) is 5.92 Å². The van der Waals surface area contributed by atoms with Crippen molar-refractivity contribution in [3.63, 3.8) is 0 Å². The van der Waals surface area contributed by atoms with Crippen LogP contribution in [0.25, 0.3) is 0 Å². The molecule has 7 heavy (non-hydrogen) atoms. The smallest absolute Gasteiger partial charge is 0.0477 e. The Morgan fingerprint density at radius 3 is 2.43 bits per heavy atom. The van der Waals surface area contributed by atoms with Crippen molar-refractivity contribution in [2.75, 3.05) is 6.61 Å². The molecule has 0 unspecified atom stereocenters. The van der Waals surface area contributed by atoms with Gasteiger partial charge in [-0.1, -0.05) is 0 Å². The van der Waals surface area contributed by atoms with Crippen molar-refractivity contribution < 1.29 is 5.11 Å². The topological polar surface area (TPSA) is 46.2 Å². The van der Waals surface area contributed by atoms with Crippen molar-refractivity contribution in [2.45, 2.75) is 18.9 Å². The highest BCUT2D eigenvalue weighted by Crippen LogP contribution is 2.39. The molecule has 2 atom stereocenters. The van der Waals surface area contributed by atoms with Gasteiger partial charge >= 0.3 is 0 Å². The monoisotopic (exact) mass is 101 g/mol. The average molecular weight is 101 g/mol. The highest BCUT2D eigenvalue weighted by atomic mass is 16.3. The first-order chi connectivity index (χ1) is 3.17. The maximum atomic E-state index is 8.46. The van der Waals surface area contributed by atoms with Crippen LogP contribution in [0.4, 0.5) is 0 Å². The molecule has 1 saturated carbocycles. The van der Waals surface area contributed by atoms with Crippen molar-refractivity contribution in [1.82, 2.24) is 0 Å². The molecule has 0 aromatic rings. The lowest BCUT2D eigenvalue weighted by atomic mass is 10.3. The summed E-state index contributed by atoms with van der Waals surface area (Å²) in [6.45, 7) is 2.22. The van der Waals surface area contributed by atoms with E-state index in [0.717, 1.165) is 6.42 Å². The van der Waals surface area contributed by atoms with E-state index in [1.54, 1.807) is 0 Å². The summed E-state index contributed by atoms with van der Waals surface area (Å²) in [6, 6.07) is 0. The van der Waals surface area contributed by atoms with Gasteiger partial charge in [-0.3, -0.25) is 0 Å². The maximum Gasteiger partial charge on any atom is 0.0477 e. The Balaban J connectivity index is 2.30. The second-order valence-electron chi connectivity index (χ2n) is 2.59. The van der Waals surface area contributed by atoms with Crippen LogP contribution in [-0.4, -0.2) is 17.3 Å². The van der Waals surface area contributed by atoms with Crippen molar-refractivity contribution >= 4 is 0 Å². The van der Waals surface area contributed by atoms with Crippen LogP contribution < -0.4 is 5.73 Å². The van der Waals surface area contributed by atoms with Gasteiger partial charge in [-0.2, -0.15) is 0 Å². The second-order valence-corrected chi connectivity index (χ2v) is 2.59. The summed E-state index contributed by atoms with van der Waals surface area (Å²) in [5.74, 6) is 0.382. The normalized spacial score (nSPS) is 49.3. The molecule has 3 N–H and O–H groups in total. The van der Waals surface area contributed by atoms with Gasteiger partial charge in [0.05, 0.1) is 0 Å². The van der Waals surface area contributed by atoms with Gasteiger partial charge in [-0.05, 0) is 13.3 Å². The lowest BCUT2D eigenvalue weighted by Gasteiger charge is -1.96. The van der Waals surface area contributed by atoms with E-state index in [1.165, 1.54) is 0 Å². The average Bonchev–Trinajstić information content (AvgIpc) is 2.13. The lowest BCUT2D eigenvalue weighted by Crippen LogP contribution is -2.20. The highest BCUT2D eigenvalue weighted by Gasteiger charge is 2.45. The van der Waals surface area contributed by atoms with Crippen LogP contribution in [0.3, 0.4) is 0 Å². The predicted octanol–water partition coefficient (Wildman–Crippen LogP) is -0.284. The molecule has 0 heterocycles. The molecule has 0 aromatic carbocycles. The number of hydrogen-bond donors (Lipinski definition) is 2. The molecule has 0 aliphatic heterocycles. The van der Waals surface area contributed by atoms with Crippen LogP contribution in [0.1, 0.15) is 13.3 Å². The molecule has 1 rings (SSSR count). The van der Waals surface area contributed by atoms with E-state index < -0.39 is 0 Å². The minimum atomic E-state index is -0.0330. The lowest BCUT2D eigenvalue weighted by molar-refractivity contribution is 0.266. The molecule has 0 bridgehead atoms. The molecule has 1 fully saturated rings. The molecule has 42 valence electrons. The third-order valence-corrected chi connectivity index (χ3v) is 1.68. The highest BCUT2D eigenvalue weighted by molar-refractivity contribution is 5.03. The Bertz CT molecular complexity index is 80.1. The molecule has 0 radical (unpaired) electrons. The predicted molar refractivity (Wildman–Crippen MR) is 27.8 cm³/mol. The van der Waals surface area contributed by atoms with Gasteiger partial charge in [-0.25, -0.2) is 0 Å². The van der Waals surface area contributed by atoms with E-state index in [4.69, 9.17) is 10.8 Å². The minimum Gasteiger partial charge on any atom is -0.396 e. The number of aliphatic hydroxyl groups excluding tert-OH is 1. The molecule has 0 spiro atoms. The van der Waals surface area contributed by atoms with Gasteiger partial charge < -0.3 is 10.8 Å². The Hall–Kier alpha value is -0.0800. The summed E-state index contributed by atoms with van der Waals surface area (Å²) in [5, 5.41) is 8.46. The zero-order valence-electron chi connectivity index (χ0n) is 4.52. The fraction of sp³-hybridized carbons (Fsp3) is 1.00. The molecule has 0 amide bonds. The van der Waals surface area contributed by atoms with Gasteiger partial charge in [0.25, 0.3) is 0 Å². The Morgan fingerprint density at radius 1 is 2.00 bits per heavy atom. The summed E-state index contributed by atoms with van der Waals surface area (Å²) in [5.41, 5.74) is 5.53.